The van der Waals surface area contributed by atoms with Crippen LogP contribution >= 0.6 is 0 Å². The summed E-state index contributed by atoms with van der Waals surface area (Å²) in [7, 11) is 1.50. The van der Waals surface area contributed by atoms with Gasteiger partial charge < -0.3 is 30.9 Å². The fourth-order valence-electron chi connectivity index (χ4n) is 3.54. The van der Waals surface area contributed by atoms with Crippen LogP contribution in [0, 0.1) is 0 Å². The molecule has 184 valence electrons. The van der Waals surface area contributed by atoms with Gasteiger partial charge in [-0.25, -0.2) is 4.79 Å². The number of hydrogen-bond acceptors (Lipinski definition) is 5. The number of para-hydroxylation sites is 1. The smallest absolute Gasteiger partial charge is 0.323 e. The second-order valence-electron chi connectivity index (χ2n) is 7.85. The number of hydrogen-bond donors (Lipinski definition) is 4. The van der Waals surface area contributed by atoms with Crippen molar-refractivity contribution >= 4 is 34.7 Å². The molecule has 35 heavy (non-hydrogen) atoms. The van der Waals surface area contributed by atoms with Gasteiger partial charge >= 0.3 is 6.03 Å². The number of carbonyl (C=O) groups excluding carboxylic acids is 2. The van der Waals surface area contributed by atoms with Gasteiger partial charge in [-0.2, -0.15) is 0 Å². The number of rotatable bonds is 11. The Hall–Kier alpha value is -4.04. The first-order valence-corrected chi connectivity index (χ1v) is 11.7. The summed E-state index contributed by atoms with van der Waals surface area (Å²) >= 11 is 0. The van der Waals surface area contributed by atoms with E-state index in [2.05, 4.69) is 40.0 Å². The highest BCUT2D eigenvalue weighted by atomic mass is 16.5. The van der Waals surface area contributed by atoms with Crippen LogP contribution in [0.15, 0.2) is 72.8 Å². The van der Waals surface area contributed by atoms with E-state index in [1.807, 2.05) is 54.6 Å². The van der Waals surface area contributed by atoms with Gasteiger partial charge in [-0.3, -0.25) is 4.79 Å². The molecule has 4 N–H and O–H groups in total. The average Bonchev–Trinajstić information content (AvgIpc) is 2.88. The molecule has 0 aliphatic carbocycles. The number of amides is 3. The molecule has 0 saturated carbocycles. The molecular weight excluding hydrogens is 442 g/mol. The zero-order chi connectivity index (χ0) is 25.0. The van der Waals surface area contributed by atoms with Gasteiger partial charge in [-0.15, -0.1) is 0 Å². The van der Waals surface area contributed by atoms with Crippen molar-refractivity contribution in [2.24, 2.45) is 0 Å². The van der Waals surface area contributed by atoms with Gasteiger partial charge in [-0.1, -0.05) is 32.0 Å². The SMILES string of the molecule is CCN(CC)CCNC(=O)c1ccc(NC(=O)Nc2ccc(Nc3ccccc3)cc2)cc1OC. The Balaban J connectivity index is 1.54. The fourth-order valence-corrected chi connectivity index (χ4v) is 3.54. The summed E-state index contributed by atoms with van der Waals surface area (Å²) in [5, 5.41) is 11.8. The Morgan fingerprint density at radius 2 is 1.40 bits per heavy atom. The molecule has 0 radical (unpaired) electrons. The van der Waals surface area contributed by atoms with Crippen LogP contribution in [0.1, 0.15) is 24.2 Å². The number of carbonyl (C=O) groups is 2. The van der Waals surface area contributed by atoms with Crippen molar-refractivity contribution in [1.82, 2.24) is 10.2 Å². The van der Waals surface area contributed by atoms with Crippen molar-refractivity contribution in [1.29, 1.82) is 0 Å². The number of ether oxygens (including phenoxy) is 1. The zero-order valence-corrected chi connectivity index (χ0v) is 20.4. The Morgan fingerprint density at radius 1 is 0.800 bits per heavy atom. The van der Waals surface area contributed by atoms with Crippen LogP contribution in [-0.4, -0.2) is 50.1 Å². The van der Waals surface area contributed by atoms with E-state index >= 15 is 0 Å². The van der Waals surface area contributed by atoms with E-state index in [9.17, 15) is 9.59 Å². The summed E-state index contributed by atoms with van der Waals surface area (Å²) in [5.74, 6) is 0.175. The van der Waals surface area contributed by atoms with E-state index < -0.39 is 6.03 Å². The molecule has 0 saturated heterocycles. The van der Waals surface area contributed by atoms with Crippen LogP contribution in [0.3, 0.4) is 0 Å². The second-order valence-corrected chi connectivity index (χ2v) is 7.85. The van der Waals surface area contributed by atoms with Gasteiger partial charge in [0.15, 0.2) is 0 Å². The summed E-state index contributed by atoms with van der Waals surface area (Å²) in [6.07, 6.45) is 0. The molecule has 0 aliphatic heterocycles. The molecule has 8 nitrogen and oxygen atoms in total. The lowest BCUT2D eigenvalue weighted by molar-refractivity contribution is 0.0946. The summed E-state index contributed by atoms with van der Waals surface area (Å²) in [6.45, 7) is 7.39. The molecule has 3 amide bonds. The molecule has 3 aromatic rings. The lowest BCUT2D eigenvalue weighted by Crippen LogP contribution is -2.34. The van der Waals surface area contributed by atoms with Gasteiger partial charge in [0.1, 0.15) is 5.75 Å². The average molecular weight is 476 g/mol. The van der Waals surface area contributed by atoms with Gasteiger partial charge in [0.25, 0.3) is 5.91 Å². The molecule has 0 heterocycles. The fraction of sp³-hybridized carbons (Fsp3) is 0.259. The van der Waals surface area contributed by atoms with Crippen molar-refractivity contribution in [2.45, 2.75) is 13.8 Å². The molecule has 3 aromatic carbocycles. The normalized spacial score (nSPS) is 10.5. The highest BCUT2D eigenvalue weighted by Gasteiger charge is 2.14. The number of anilines is 4. The first kappa shape index (κ1) is 25.6. The molecule has 0 fully saturated rings. The predicted octanol–water partition coefficient (Wildman–Crippen LogP) is 5.15. The number of benzene rings is 3. The molecular formula is C27H33N5O3. The minimum Gasteiger partial charge on any atom is -0.496 e. The number of methoxy groups -OCH3 is 1. The maximum Gasteiger partial charge on any atom is 0.323 e. The Bertz CT molecular complexity index is 1100. The van der Waals surface area contributed by atoms with Crippen LogP contribution in [0.25, 0.3) is 0 Å². The van der Waals surface area contributed by atoms with Crippen LogP contribution < -0.4 is 26.0 Å². The summed E-state index contributed by atoms with van der Waals surface area (Å²) in [4.78, 5) is 27.3. The minimum absolute atomic E-state index is 0.214. The number of nitrogens with one attached hydrogen (secondary N) is 4. The van der Waals surface area contributed by atoms with Crippen molar-refractivity contribution in [3.05, 3.63) is 78.4 Å². The lowest BCUT2D eigenvalue weighted by atomic mass is 10.1. The van der Waals surface area contributed by atoms with Gasteiger partial charge in [0, 0.05) is 41.9 Å². The second kappa shape index (κ2) is 13.0. The molecule has 8 heteroatoms. The van der Waals surface area contributed by atoms with E-state index in [0.29, 0.717) is 29.2 Å². The third kappa shape index (κ3) is 7.75. The van der Waals surface area contributed by atoms with Crippen molar-refractivity contribution in [3.63, 3.8) is 0 Å². The van der Waals surface area contributed by atoms with Crippen LogP contribution in [-0.2, 0) is 0 Å². The van der Waals surface area contributed by atoms with Crippen LogP contribution in [0.4, 0.5) is 27.5 Å². The van der Waals surface area contributed by atoms with Gasteiger partial charge in [0.05, 0.1) is 12.7 Å². The summed E-state index contributed by atoms with van der Waals surface area (Å²) in [6, 6.07) is 21.8. The van der Waals surface area contributed by atoms with Crippen molar-refractivity contribution < 1.29 is 14.3 Å². The highest BCUT2D eigenvalue weighted by molar-refractivity contribution is 6.01. The van der Waals surface area contributed by atoms with E-state index in [0.717, 1.165) is 31.0 Å². The maximum atomic E-state index is 12.6. The predicted molar refractivity (Wildman–Crippen MR) is 142 cm³/mol. The van der Waals surface area contributed by atoms with Crippen LogP contribution in [0.5, 0.6) is 5.75 Å². The lowest BCUT2D eigenvalue weighted by Gasteiger charge is -2.18. The molecule has 0 bridgehead atoms. The summed E-state index contributed by atoms with van der Waals surface area (Å²) in [5.41, 5.74) is 3.48. The third-order valence-electron chi connectivity index (χ3n) is 5.52. The van der Waals surface area contributed by atoms with E-state index in [4.69, 9.17) is 4.74 Å². The van der Waals surface area contributed by atoms with E-state index in [-0.39, 0.29) is 5.91 Å². The van der Waals surface area contributed by atoms with E-state index in [1.165, 1.54) is 7.11 Å². The third-order valence-corrected chi connectivity index (χ3v) is 5.52. The standard InChI is InChI=1S/C27H33N5O3/c1-4-32(5-2)18-17-28-26(33)24-16-15-23(19-25(24)35-3)31-27(34)30-22-13-11-21(12-14-22)29-20-9-7-6-8-10-20/h6-16,19,29H,4-5,17-18H2,1-3H3,(H,28,33)(H2,30,31,34). The maximum absolute atomic E-state index is 12.6. The Kier molecular flexibility index (Phi) is 9.50. The molecule has 0 aliphatic rings. The largest absolute Gasteiger partial charge is 0.496 e. The first-order valence-electron chi connectivity index (χ1n) is 11.7. The molecule has 0 aromatic heterocycles. The quantitative estimate of drug-likeness (QED) is 0.308. The zero-order valence-electron chi connectivity index (χ0n) is 20.4. The van der Waals surface area contributed by atoms with Gasteiger partial charge in [0.2, 0.25) is 0 Å². The van der Waals surface area contributed by atoms with Crippen molar-refractivity contribution in [3.8, 4) is 5.75 Å². The molecule has 0 spiro atoms. The monoisotopic (exact) mass is 475 g/mol. The topological polar surface area (TPSA) is 94.7 Å². The minimum atomic E-state index is -0.396. The van der Waals surface area contributed by atoms with Crippen molar-refractivity contribution in [2.75, 3.05) is 49.2 Å². The van der Waals surface area contributed by atoms with Crippen LogP contribution in [0.2, 0.25) is 0 Å². The molecule has 3 rings (SSSR count). The number of nitrogens with zero attached hydrogens (tertiary/aromatic N) is 1. The Morgan fingerprint density at radius 3 is 2.06 bits per heavy atom. The Labute approximate surface area is 206 Å². The molecule has 0 unspecified atom stereocenters. The number of urea groups is 1. The first-order chi connectivity index (χ1) is 17.0. The molecule has 0 atom stereocenters. The van der Waals surface area contributed by atoms with Gasteiger partial charge in [-0.05, 0) is 61.6 Å². The summed E-state index contributed by atoms with van der Waals surface area (Å²) < 4.78 is 5.39. The van der Waals surface area contributed by atoms with E-state index in [1.54, 1.807) is 18.2 Å². The highest BCUT2D eigenvalue weighted by Crippen LogP contribution is 2.24. The number of likely N-dealkylation sites (N-methyl/N-ethyl adjacent to an activating group) is 1.